The molecule has 1 N–H and O–H groups in total. The number of aliphatic hydroxyl groups is 1. The van der Waals surface area contributed by atoms with Crippen molar-refractivity contribution in [1.82, 2.24) is 0 Å². The van der Waals surface area contributed by atoms with Crippen molar-refractivity contribution in [2.24, 2.45) is 0 Å². The summed E-state index contributed by atoms with van der Waals surface area (Å²) >= 11 is 0. The fourth-order valence-corrected chi connectivity index (χ4v) is 1.96. The molecule has 0 saturated carbocycles. The highest BCUT2D eigenvalue weighted by Crippen LogP contribution is 2.38. The van der Waals surface area contributed by atoms with E-state index in [0.29, 0.717) is 0 Å². The summed E-state index contributed by atoms with van der Waals surface area (Å²) in [5.74, 6) is 0. The summed E-state index contributed by atoms with van der Waals surface area (Å²) in [6.45, 7) is 3.48. The molecule has 13 heavy (non-hydrogen) atoms. The van der Waals surface area contributed by atoms with Gasteiger partial charge in [-0.3, -0.25) is 0 Å². The van der Waals surface area contributed by atoms with Gasteiger partial charge in [0, 0.05) is 6.42 Å². The highest BCUT2D eigenvalue weighted by molar-refractivity contribution is 5.63. The lowest BCUT2D eigenvalue weighted by Crippen LogP contribution is -2.52. The number of fused-ring (bicyclic) bond motifs is 1. The number of carbonyl (C=O) groups excluding carboxylic acids is 1. The Bertz CT molecular complexity index is 241. The Hall–Kier alpha value is -0.810. The van der Waals surface area contributed by atoms with E-state index in [9.17, 15) is 9.90 Å². The molecule has 0 aliphatic carbocycles. The third-order valence-electron chi connectivity index (χ3n) is 2.52. The first kappa shape index (κ1) is 8.77. The van der Waals surface area contributed by atoms with Crippen molar-refractivity contribution >= 4 is 6.16 Å². The van der Waals surface area contributed by atoms with Crippen LogP contribution in [0.1, 0.15) is 20.3 Å². The van der Waals surface area contributed by atoms with Gasteiger partial charge >= 0.3 is 6.16 Å². The average molecular weight is 188 g/mol. The number of carbonyl (C=O) groups is 1. The first-order chi connectivity index (χ1) is 6.01. The standard InChI is InChI=1S/C8H12O5/c1-4-6-8(2,3-5(9)11-4)13-7(10)12-6/h4-6,9H,3H2,1-2H3/t4-,5?,6-,8+/m1/s1. The van der Waals surface area contributed by atoms with Crippen LogP contribution >= 0.6 is 0 Å². The van der Waals surface area contributed by atoms with Crippen LogP contribution in [0.3, 0.4) is 0 Å². The quantitative estimate of drug-likeness (QED) is 0.558. The number of ether oxygens (including phenoxy) is 3. The normalized spacial score (nSPS) is 49.5. The van der Waals surface area contributed by atoms with Crippen LogP contribution in [0.25, 0.3) is 0 Å². The summed E-state index contributed by atoms with van der Waals surface area (Å²) in [4.78, 5) is 10.9. The Labute approximate surface area is 75.6 Å². The van der Waals surface area contributed by atoms with Crippen molar-refractivity contribution in [3.05, 3.63) is 0 Å². The molecule has 1 unspecified atom stereocenters. The smallest absolute Gasteiger partial charge is 0.424 e. The highest BCUT2D eigenvalue weighted by atomic mass is 16.8. The number of rotatable bonds is 0. The van der Waals surface area contributed by atoms with E-state index in [1.807, 2.05) is 0 Å². The molecule has 0 amide bonds. The molecule has 2 fully saturated rings. The topological polar surface area (TPSA) is 65.0 Å². The minimum atomic E-state index is -0.884. The van der Waals surface area contributed by atoms with E-state index in [2.05, 4.69) is 0 Å². The monoisotopic (exact) mass is 188 g/mol. The average Bonchev–Trinajstić information content (AvgIpc) is 2.23. The van der Waals surface area contributed by atoms with E-state index in [-0.39, 0.29) is 12.5 Å². The second kappa shape index (κ2) is 2.59. The van der Waals surface area contributed by atoms with Gasteiger partial charge < -0.3 is 19.3 Å². The highest BCUT2D eigenvalue weighted by Gasteiger charge is 2.55. The molecule has 0 aromatic rings. The predicted octanol–water partition coefficient (Wildman–Crippen LogP) is 0.408. The van der Waals surface area contributed by atoms with Crippen molar-refractivity contribution in [3.8, 4) is 0 Å². The molecule has 2 aliphatic rings. The molecule has 2 heterocycles. The lowest BCUT2D eigenvalue weighted by molar-refractivity contribution is -0.224. The SMILES string of the molecule is C[C@H]1OC(O)C[C@]2(C)OC(=O)O[C@H]12. The van der Waals surface area contributed by atoms with Crippen LogP contribution in [0.5, 0.6) is 0 Å². The van der Waals surface area contributed by atoms with E-state index in [0.717, 1.165) is 0 Å². The molecule has 74 valence electrons. The van der Waals surface area contributed by atoms with Crippen LogP contribution < -0.4 is 0 Å². The Kier molecular flexibility index (Phi) is 1.75. The van der Waals surface area contributed by atoms with Crippen molar-refractivity contribution in [3.63, 3.8) is 0 Å². The van der Waals surface area contributed by atoms with Gasteiger partial charge in [-0.05, 0) is 13.8 Å². The summed E-state index contributed by atoms with van der Waals surface area (Å²) < 4.78 is 15.0. The molecule has 5 heteroatoms. The van der Waals surface area contributed by atoms with Crippen LogP contribution in [0.4, 0.5) is 4.79 Å². The fraction of sp³-hybridized carbons (Fsp3) is 0.875. The van der Waals surface area contributed by atoms with E-state index in [1.165, 1.54) is 0 Å². The zero-order valence-electron chi connectivity index (χ0n) is 7.52. The molecule has 2 saturated heterocycles. The Morgan fingerprint density at radius 2 is 2.31 bits per heavy atom. The molecule has 0 bridgehead atoms. The minimum Gasteiger partial charge on any atom is -0.424 e. The van der Waals surface area contributed by atoms with Gasteiger partial charge in [-0.15, -0.1) is 0 Å². The van der Waals surface area contributed by atoms with Gasteiger partial charge in [-0.1, -0.05) is 0 Å². The van der Waals surface area contributed by atoms with Crippen LogP contribution in [-0.2, 0) is 14.2 Å². The van der Waals surface area contributed by atoms with Gasteiger partial charge in [0.15, 0.2) is 18.0 Å². The molecule has 0 spiro atoms. The van der Waals surface area contributed by atoms with E-state index >= 15 is 0 Å². The van der Waals surface area contributed by atoms with E-state index < -0.39 is 24.2 Å². The Morgan fingerprint density at radius 1 is 1.62 bits per heavy atom. The summed E-state index contributed by atoms with van der Waals surface area (Å²) in [6, 6.07) is 0. The van der Waals surface area contributed by atoms with Crippen molar-refractivity contribution in [2.75, 3.05) is 0 Å². The molecular formula is C8H12O5. The number of hydrogen-bond donors (Lipinski definition) is 1. The summed E-state index contributed by atoms with van der Waals surface area (Å²) in [6.07, 6.45) is -2.06. The lowest BCUT2D eigenvalue weighted by atomic mass is 9.89. The van der Waals surface area contributed by atoms with E-state index in [4.69, 9.17) is 14.2 Å². The van der Waals surface area contributed by atoms with Gasteiger partial charge in [0.1, 0.15) is 0 Å². The summed E-state index contributed by atoms with van der Waals surface area (Å²) in [7, 11) is 0. The maximum absolute atomic E-state index is 10.9. The van der Waals surface area contributed by atoms with Crippen LogP contribution in [0.15, 0.2) is 0 Å². The maximum Gasteiger partial charge on any atom is 0.509 e. The van der Waals surface area contributed by atoms with Crippen LogP contribution in [0, 0.1) is 0 Å². The largest absolute Gasteiger partial charge is 0.509 e. The van der Waals surface area contributed by atoms with Gasteiger partial charge in [-0.25, -0.2) is 4.79 Å². The second-order valence-corrected chi connectivity index (χ2v) is 3.70. The lowest BCUT2D eigenvalue weighted by Gasteiger charge is -2.37. The van der Waals surface area contributed by atoms with Gasteiger partial charge in [0.25, 0.3) is 0 Å². The molecule has 2 rings (SSSR count). The molecule has 2 aliphatic heterocycles. The second-order valence-electron chi connectivity index (χ2n) is 3.70. The van der Waals surface area contributed by atoms with Crippen molar-refractivity contribution < 1.29 is 24.1 Å². The molecule has 0 radical (unpaired) electrons. The molecule has 5 nitrogen and oxygen atoms in total. The first-order valence-corrected chi connectivity index (χ1v) is 4.24. The van der Waals surface area contributed by atoms with Crippen LogP contribution in [0.2, 0.25) is 0 Å². The molecule has 0 aromatic heterocycles. The summed E-state index contributed by atoms with van der Waals surface area (Å²) in [5.41, 5.74) is -0.742. The van der Waals surface area contributed by atoms with Gasteiger partial charge in [-0.2, -0.15) is 0 Å². The Balaban J connectivity index is 2.23. The fourth-order valence-electron chi connectivity index (χ4n) is 1.96. The first-order valence-electron chi connectivity index (χ1n) is 4.24. The van der Waals surface area contributed by atoms with Gasteiger partial charge in [0.2, 0.25) is 0 Å². The van der Waals surface area contributed by atoms with Gasteiger partial charge in [0.05, 0.1) is 6.10 Å². The van der Waals surface area contributed by atoms with Crippen molar-refractivity contribution in [2.45, 2.75) is 44.4 Å². The Morgan fingerprint density at radius 3 is 3.00 bits per heavy atom. The number of hydrogen-bond acceptors (Lipinski definition) is 5. The third kappa shape index (κ3) is 1.28. The number of aliphatic hydroxyl groups excluding tert-OH is 1. The van der Waals surface area contributed by atoms with E-state index in [1.54, 1.807) is 13.8 Å². The summed E-state index contributed by atoms with van der Waals surface area (Å²) in [5, 5.41) is 9.31. The zero-order valence-corrected chi connectivity index (χ0v) is 7.52. The maximum atomic E-state index is 10.9. The van der Waals surface area contributed by atoms with Crippen LogP contribution in [-0.4, -0.2) is 35.4 Å². The minimum absolute atomic E-state index is 0.258. The van der Waals surface area contributed by atoms with Crippen molar-refractivity contribution in [1.29, 1.82) is 0 Å². The zero-order chi connectivity index (χ0) is 9.64. The molecule has 4 atom stereocenters. The molecule has 0 aromatic carbocycles. The molecular weight excluding hydrogens is 176 g/mol. The predicted molar refractivity (Wildman–Crippen MR) is 40.9 cm³/mol. The third-order valence-corrected chi connectivity index (χ3v) is 2.52.